The Kier molecular flexibility index (Phi) is 4.64. The molecule has 0 unspecified atom stereocenters. The molecule has 0 saturated carbocycles. The van der Waals surface area contributed by atoms with Gasteiger partial charge in [0, 0.05) is 5.69 Å². The van der Waals surface area contributed by atoms with Crippen molar-refractivity contribution in [2.45, 2.75) is 33.6 Å². The Morgan fingerprint density at radius 2 is 1.73 bits per heavy atom. The Labute approximate surface area is 129 Å². The maximum Gasteiger partial charge on any atom is 0.307 e. The smallest absolute Gasteiger partial charge is 0.307 e. The molecule has 1 amide bonds. The van der Waals surface area contributed by atoms with E-state index in [1.807, 2.05) is 13.8 Å². The van der Waals surface area contributed by atoms with Crippen LogP contribution in [0.5, 0.6) is 0 Å². The highest BCUT2D eigenvalue weighted by atomic mass is 19.1. The lowest BCUT2D eigenvalue weighted by atomic mass is 9.76. The number of aryl methyl sites for hydroxylation is 1. The summed E-state index contributed by atoms with van der Waals surface area (Å²) in [4.78, 5) is 23.9. The summed E-state index contributed by atoms with van der Waals surface area (Å²) in [5.41, 5.74) is 3.20. The fourth-order valence-corrected chi connectivity index (χ4v) is 2.78. The number of benzene rings is 1. The molecule has 2 atom stereocenters. The standard InChI is InChI=1S/C17H20FNO3/c1-9-4-5-12(18)8-15(9)19-16(20)13-6-10(2)11(3)7-14(13)17(21)22/h4-5,8,13-14H,6-7H2,1-3H3,(H,19,20)(H,21,22)/t13-,14-/m0/s1. The zero-order valence-corrected chi connectivity index (χ0v) is 12.9. The quantitative estimate of drug-likeness (QED) is 0.840. The van der Waals surface area contributed by atoms with Crippen LogP contribution in [0.3, 0.4) is 0 Å². The summed E-state index contributed by atoms with van der Waals surface area (Å²) in [6, 6.07) is 4.15. The molecule has 0 aromatic heterocycles. The average molecular weight is 305 g/mol. The summed E-state index contributed by atoms with van der Waals surface area (Å²) in [7, 11) is 0. The van der Waals surface area contributed by atoms with Crippen LogP contribution in [-0.4, -0.2) is 17.0 Å². The van der Waals surface area contributed by atoms with Crippen LogP contribution in [0.15, 0.2) is 29.3 Å². The number of rotatable bonds is 3. The van der Waals surface area contributed by atoms with Crippen molar-refractivity contribution in [2.24, 2.45) is 11.8 Å². The lowest BCUT2D eigenvalue weighted by molar-refractivity contribution is -0.146. The second-order valence-electron chi connectivity index (χ2n) is 5.97. The fourth-order valence-electron chi connectivity index (χ4n) is 2.78. The molecule has 0 spiro atoms. The molecule has 2 rings (SSSR count). The van der Waals surface area contributed by atoms with E-state index < -0.39 is 23.6 Å². The third-order valence-electron chi connectivity index (χ3n) is 4.38. The number of carboxylic acid groups (broad SMARTS) is 1. The second-order valence-corrected chi connectivity index (χ2v) is 5.97. The van der Waals surface area contributed by atoms with Crippen LogP contribution < -0.4 is 5.32 Å². The monoisotopic (exact) mass is 305 g/mol. The second kappa shape index (κ2) is 6.30. The SMILES string of the molecule is CC1=C(C)C[C@H](C(=O)Nc2cc(F)ccc2C)[C@@H](C(=O)O)C1. The summed E-state index contributed by atoms with van der Waals surface area (Å²) in [6.45, 7) is 5.58. The van der Waals surface area contributed by atoms with Crippen LogP contribution in [0.1, 0.15) is 32.3 Å². The van der Waals surface area contributed by atoms with Crippen molar-refractivity contribution in [3.8, 4) is 0 Å². The zero-order valence-electron chi connectivity index (χ0n) is 12.9. The normalized spacial score (nSPS) is 21.6. The lowest BCUT2D eigenvalue weighted by Gasteiger charge is -2.29. The van der Waals surface area contributed by atoms with E-state index in [0.717, 1.165) is 16.7 Å². The molecule has 5 heteroatoms. The molecular weight excluding hydrogens is 285 g/mol. The number of aliphatic carboxylic acids is 1. The minimum atomic E-state index is -0.969. The van der Waals surface area contributed by atoms with Gasteiger partial charge in [-0.2, -0.15) is 0 Å². The van der Waals surface area contributed by atoms with Gasteiger partial charge in [-0.3, -0.25) is 9.59 Å². The van der Waals surface area contributed by atoms with Gasteiger partial charge in [0.25, 0.3) is 0 Å². The highest BCUT2D eigenvalue weighted by Gasteiger charge is 2.37. The van der Waals surface area contributed by atoms with Gasteiger partial charge in [-0.25, -0.2) is 4.39 Å². The number of nitrogens with one attached hydrogen (secondary N) is 1. The largest absolute Gasteiger partial charge is 0.481 e. The average Bonchev–Trinajstić information content (AvgIpc) is 2.45. The van der Waals surface area contributed by atoms with Crippen molar-refractivity contribution in [3.63, 3.8) is 0 Å². The molecule has 0 saturated heterocycles. The van der Waals surface area contributed by atoms with E-state index in [2.05, 4.69) is 5.32 Å². The number of carbonyl (C=O) groups is 2. The van der Waals surface area contributed by atoms with Crippen LogP contribution in [0.2, 0.25) is 0 Å². The molecule has 0 heterocycles. The van der Waals surface area contributed by atoms with Crippen LogP contribution in [-0.2, 0) is 9.59 Å². The topological polar surface area (TPSA) is 66.4 Å². The molecule has 1 aromatic rings. The number of carbonyl (C=O) groups excluding carboxylic acids is 1. The zero-order chi connectivity index (χ0) is 16.4. The van der Waals surface area contributed by atoms with Crippen molar-refractivity contribution in [2.75, 3.05) is 5.32 Å². The van der Waals surface area contributed by atoms with E-state index in [0.29, 0.717) is 18.5 Å². The molecule has 1 aromatic carbocycles. The number of carboxylic acids is 1. The van der Waals surface area contributed by atoms with Crippen LogP contribution >= 0.6 is 0 Å². The molecule has 4 nitrogen and oxygen atoms in total. The van der Waals surface area contributed by atoms with Gasteiger partial charge in [-0.1, -0.05) is 17.2 Å². The van der Waals surface area contributed by atoms with Crippen LogP contribution in [0.25, 0.3) is 0 Å². The summed E-state index contributed by atoms with van der Waals surface area (Å²) >= 11 is 0. The van der Waals surface area contributed by atoms with Gasteiger partial charge >= 0.3 is 5.97 Å². The highest BCUT2D eigenvalue weighted by Crippen LogP contribution is 2.35. The molecule has 0 bridgehead atoms. The number of hydrogen-bond donors (Lipinski definition) is 2. The van der Waals surface area contributed by atoms with Crippen molar-refractivity contribution >= 4 is 17.6 Å². The van der Waals surface area contributed by atoms with Crippen molar-refractivity contribution in [3.05, 3.63) is 40.7 Å². The molecule has 1 aliphatic carbocycles. The number of hydrogen-bond acceptors (Lipinski definition) is 2. The van der Waals surface area contributed by atoms with Gasteiger partial charge < -0.3 is 10.4 Å². The Morgan fingerprint density at radius 3 is 2.32 bits per heavy atom. The third kappa shape index (κ3) is 3.35. The first-order chi connectivity index (χ1) is 10.3. The van der Waals surface area contributed by atoms with E-state index in [-0.39, 0.29) is 5.91 Å². The van der Waals surface area contributed by atoms with Crippen molar-refractivity contribution in [1.29, 1.82) is 0 Å². The maximum absolute atomic E-state index is 13.3. The molecule has 118 valence electrons. The van der Waals surface area contributed by atoms with Gasteiger partial charge in [0.2, 0.25) is 5.91 Å². The fraction of sp³-hybridized carbons (Fsp3) is 0.412. The summed E-state index contributed by atoms with van der Waals surface area (Å²) < 4.78 is 13.3. The predicted octanol–water partition coefficient (Wildman–Crippen LogP) is 3.52. The Balaban J connectivity index is 2.23. The molecule has 1 aliphatic rings. The van der Waals surface area contributed by atoms with Crippen LogP contribution in [0, 0.1) is 24.6 Å². The number of allylic oxidation sites excluding steroid dienone is 2. The predicted molar refractivity (Wildman–Crippen MR) is 82.0 cm³/mol. The highest BCUT2D eigenvalue weighted by molar-refractivity contribution is 5.96. The van der Waals surface area contributed by atoms with Gasteiger partial charge in [-0.05, 0) is 51.3 Å². The molecule has 22 heavy (non-hydrogen) atoms. The minimum Gasteiger partial charge on any atom is -0.481 e. The van der Waals surface area contributed by atoms with Gasteiger partial charge in [-0.15, -0.1) is 0 Å². The Morgan fingerprint density at radius 1 is 1.14 bits per heavy atom. The molecule has 0 radical (unpaired) electrons. The van der Waals surface area contributed by atoms with E-state index >= 15 is 0 Å². The van der Waals surface area contributed by atoms with Crippen molar-refractivity contribution < 1.29 is 19.1 Å². The molecule has 0 aliphatic heterocycles. The summed E-state index contributed by atoms with van der Waals surface area (Å²) in [5, 5.41) is 12.0. The maximum atomic E-state index is 13.3. The minimum absolute atomic E-state index is 0.368. The van der Waals surface area contributed by atoms with Gasteiger partial charge in [0.05, 0.1) is 11.8 Å². The summed E-state index contributed by atoms with van der Waals surface area (Å²) in [6.07, 6.45) is 0.796. The number of anilines is 1. The van der Waals surface area contributed by atoms with Crippen molar-refractivity contribution in [1.82, 2.24) is 0 Å². The number of amides is 1. The molecule has 2 N–H and O–H groups in total. The first-order valence-electron chi connectivity index (χ1n) is 7.24. The van der Waals surface area contributed by atoms with Gasteiger partial charge in [0.15, 0.2) is 0 Å². The first-order valence-corrected chi connectivity index (χ1v) is 7.24. The first kappa shape index (κ1) is 16.2. The molecule has 0 fully saturated rings. The van der Waals surface area contributed by atoms with E-state index in [1.54, 1.807) is 13.0 Å². The lowest BCUT2D eigenvalue weighted by Crippen LogP contribution is -2.36. The van der Waals surface area contributed by atoms with E-state index in [9.17, 15) is 19.1 Å². The van der Waals surface area contributed by atoms with E-state index in [4.69, 9.17) is 0 Å². The van der Waals surface area contributed by atoms with Gasteiger partial charge in [0.1, 0.15) is 5.82 Å². The number of halogens is 1. The Hall–Kier alpha value is -2.17. The summed E-state index contributed by atoms with van der Waals surface area (Å²) in [5.74, 6) is -3.15. The third-order valence-corrected chi connectivity index (χ3v) is 4.38. The van der Waals surface area contributed by atoms with Crippen LogP contribution in [0.4, 0.5) is 10.1 Å². The van der Waals surface area contributed by atoms with E-state index in [1.165, 1.54) is 12.1 Å². The molecular formula is C17H20FNO3. The Bertz CT molecular complexity index is 651.